The first kappa shape index (κ1) is 20.7. The highest BCUT2D eigenvalue weighted by Gasteiger charge is 2.54. The van der Waals surface area contributed by atoms with Gasteiger partial charge in [-0.1, -0.05) is 36.3 Å². The zero-order valence-electron chi connectivity index (χ0n) is 18.1. The Morgan fingerprint density at radius 3 is 2.48 bits per heavy atom. The molecule has 2 heterocycles. The van der Waals surface area contributed by atoms with Crippen LogP contribution in [0.2, 0.25) is 0 Å². The van der Waals surface area contributed by atoms with Gasteiger partial charge < -0.3 is 20.1 Å². The summed E-state index contributed by atoms with van der Waals surface area (Å²) in [4.78, 5) is 15.6. The number of carbonyl (C=O) groups is 1. The lowest BCUT2D eigenvalue weighted by Crippen LogP contribution is -2.56. The summed E-state index contributed by atoms with van der Waals surface area (Å²) in [5.74, 6) is 0.0292. The van der Waals surface area contributed by atoms with Gasteiger partial charge in [0.2, 0.25) is 5.91 Å². The maximum absolute atomic E-state index is 13.4. The first-order valence-corrected chi connectivity index (χ1v) is 11.3. The standard InChI is InChI=1S/C24H31N3O4/c1-13-7-18(31-26-13)10-27-11-19-20(12-27)23(29)22(28)14(2)21(19)24(30)25-17-8-15-5-3-4-6-16(15)9-17/h3-7,14,17,19-23,28-29H,8-12H2,1-2H3,(H,25,30)/t14-,19+,20+,21+,22+,23+/m1/s1. The molecule has 31 heavy (non-hydrogen) atoms. The number of aromatic nitrogens is 1. The number of nitrogens with one attached hydrogen (secondary N) is 1. The monoisotopic (exact) mass is 425 g/mol. The van der Waals surface area contributed by atoms with E-state index in [2.05, 4.69) is 27.5 Å². The lowest BCUT2D eigenvalue weighted by atomic mass is 9.65. The second-order valence-electron chi connectivity index (χ2n) is 9.70. The van der Waals surface area contributed by atoms with E-state index in [0.29, 0.717) is 19.6 Å². The van der Waals surface area contributed by atoms with Crippen molar-refractivity contribution in [3.8, 4) is 0 Å². The van der Waals surface area contributed by atoms with Crippen molar-refractivity contribution in [1.29, 1.82) is 0 Å². The Hall–Kier alpha value is -2.22. The number of likely N-dealkylation sites (tertiary alicyclic amines) is 1. The quantitative estimate of drug-likeness (QED) is 0.683. The minimum Gasteiger partial charge on any atom is -0.390 e. The summed E-state index contributed by atoms with van der Waals surface area (Å²) in [5, 5.41) is 28.7. The molecule has 6 atom stereocenters. The third-order valence-corrected chi connectivity index (χ3v) is 7.60. The van der Waals surface area contributed by atoms with E-state index in [-0.39, 0.29) is 35.6 Å². The third-order valence-electron chi connectivity index (χ3n) is 7.60. The molecule has 7 heteroatoms. The summed E-state index contributed by atoms with van der Waals surface area (Å²) in [6, 6.07) is 10.3. The fraction of sp³-hybridized carbons (Fsp3) is 0.583. The molecule has 0 spiro atoms. The topological polar surface area (TPSA) is 98.8 Å². The molecular weight excluding hydrogens is 394 g/mol. The Labute approximate surface area is 182 Å². The molecule has 1 aromatic heterocycles. The van der Waals surface area contributed by atoms with Crippen molar-refractivity contribution in [3.05, 3.63) is 52.9 Å². The fourth-order valence-corrected chi connectivity index (χ4v) is 6.08. The van der Waals surface area contributed by atoms with Crippen LogP contribution in [0, 0.1) is 30.6 Å². The van der Waals surface area contributed by atoms with Gasteiger partial charge in [-0.15, -0.1) is 0 Å². The van der Waals surface area contributed by atoms with Gasteiger partial charge in [-0.05, 0) is 42.7 Å². The van der Waals surface area contributed by atoms with Crippen molar-refractivity contribution < 1.29 is 19.5 Å². The van der Waals surface area contributed by atoms with E-state index in [1.165, 1.54) is 11.1 Å². The third kappa shape index (κ3) is 3.79. The molecule has 1 saturated carbocycles. The van der Waals surface area contributed by atoms with E-state index < -0.39 is 12.2 Å². The Balaban J connectivity index is 1.30. The van der Waals surface area contributed by atoms with Crippen molar-refractivity contribution >= 4 is 5.91 Å². The van der Waals surface area contributed by atoms with Crippen molar-refractivity contribution in [2.75, 3.05) is 13.1 Å². The van der Waals surface area contributed by atoms with Crippen molar-refractivity contribution in [2.45, 2.75) is 51.5 Å². The van der Waals surface area contributed by atoms with Gasteiger partial charge in [-0.25, -0.2) is 0 Å². The summed E-state index contributed by atoms with van der Waals surface area (Å²) in [6.07, 6.45) is -0.0232. The van der Waals surface area contributed by atoms with Gasteiger partial charge >= 0.3 is 0 Å². The maximum Gasteiger partial charge on any atom is 0.224 e. The molecule has 3 aliphatic rings. The lowest BCUT2D eigenvalue weighted by Gasteiger charge is -2.43. The molecule has 1 aromatic carbocycles. The number of aliphatic hydroxyl groups excluding tert-OH is 2. The number of fused-ring (bicyclic) bond motifs is 2. The summed E-state index contributed by atoms with van der Waals surface area (Å²) < 4.78 is 5.36. The predicted molar refractivity (Wildman–Crippen MR) is 114 cm³/mol. The molecule has 7 nitrogen and oxygen atoms in total. The number of hydrogen-bond acceptors (Lipinski definition) is 6. The average Bonchev–Trinajstić information content (AvgIpc) is 3.44. The van der Waals surface area contributed by atoms with E-state index in [9.17, 15) is 15.0 Å². The summed E-state index contributed by atoms with van der Waals surface area (Å²) in [7, 11) is 0. The minimum atomic E-state index is -0.898. The second kappa shape index (κ2) is 8.04. The van der Waals surface area contributed by atoms with Gasteiger partial charge in [0.1, 0.15) is 0 Å². The Morgan fingerprint density at radius 2 is 1.84 bits per heavy atom. The Kier molecular flexibility index (Phi) is 5.36. The summed E-state index contributed by atoms with van der Waals surface area (Å²) in [6.45, 7) is 5.70. The van der Waals surface area contributed by atoms with Crippen LogP contribution in [-0.4, -0.2) is 57.5 Å². The summed E-state index contributed by atoms with van der Waals surface area (Å²) in [5.41, 5.74) is 3.44. The van der Waals surface area contributed by atoms with Gasteiger partial charge in [0.25, 0.3) is 0 Å². The lowest BCUT2D eigenvalue weighted by molar-refractivity contribution is -0.146. The predicted octanol–water partition coefficient (Wildman–Crippen LogP) is 1.30. The van der Waals surface area contributed by atoms with Crippen LogP contribution in [0.25, 0.3) is 0 Å². The van der Waals surface area contributed by atoms with Crippen LogP contribution in [0.5, 0.6) is 0 Å². The number of aliphatic hydroxyl groups is 2. The molecule has 2 aromatic rings. The number of aryl methyl sites for hydroxylation is 1. The first-order chi connectivity index (χ1) is 14.9. The number of nitrogens with zero attached hydrogens (tertiary/aromatic N) is 2. The number of rotatable bonds is 4. The van der Waals surface area contributed by atoms with Crippen LogP contribution in [0.3, 0.4) is 0 Å². The molecule has 0 radical (unpaired) electrons. The van der Waals surface area contributed by atoms with Crippen molar-refractivity contribution in [1.82, 2.24) is 15.4 Å². The highest BCUT2D eigenvalue weighted by molar-refractivity contribution is 5.80. The number of benzene rings is 1. The Morgan fingerprint density at radius 1 is 1.16 bits per heavy atom. The molecule has 0 unspecified atom stereocenters. The molecule has 1 aliphatic heterocycles. The van der Waals surface area contributed by atoms with Crippen LogP contribution in [-0.2, 0) is 24.2 Å². The van der Waals surface area contributed by atoms with Gasteiger partial charge in [-0.3, -0.25) is 9.69 Å². The molecular formula is C24H31N3O4. The van der Waals surface area contributed by atoms with Gasteiger partial charge in [0.05, 0.1) is 24.4 Å². The molecule has 0 bridgehead atoms. The maximum atomic E-state index is 13.4. The van der Waals surface area contributed by atoms with Crippen LogP contribution in [0.1, 0.15) is 29.5 Å². The number of hydrogen-bond donors (Lipinski definition) is 3. The smallest absolute Gasteiger partial charge is 0.224 e. The Bertz CT molecular complexity index is 935. The largest absolute Gasteiger partial charge is 0.390 e. The molecule has 166 valence electrons. The summed E-state index contributed by atoms with van der Waals surface area (Å²) >= 11 is 0. The van der Waals surface area contributed by atoms with Crippen LogP contribution in [0.15, 0.2) is 34.9 Å². The van der Waals surface area contributed by atoms with Crippen LogP contribution in [0.4, 0.5) is 0 Å². The molecule has 2 fully saturated rings. The average molecular weight is 426 g/mol. The molecule has 2 aliphatic carbocycles. The van der Waals surface area contributed by atoms with E-state index in [1.807, 2.05) is 32.0 Å². The van der Waals surface area contributed by atoms with Gasteiger partial charge in [-0.2, -0.15) is 0 Å². The SMILES string of the molecule is Cc1cc(CN2C[C@@H]3[C@H](O)[C@@H](O)[C@H](C)[C@H](C(=O)NC4Cc5ccccc5C4)[C@H]3C2)on1. The zero-order valence-corrected chi connectivity index (χ0v) is 18.1. The fourth-order valence-electron chi connectivity index (χ4n) is 6.08. The van der Waals surface area contributed by atoms with Crippen LogP contribution < -0.4 is 5.32 Å². The molecule has 1 amide bonds. The van der Waals surface area contributed by atoms with Gasteiger partial charge in [0, 0.05) is 37.0 Å². The van der Waals surface area contributed by atoms with Crippen molar-refractivity contribution in [3.63, 3.8) is 0 Å². The molecule has 3 N–H and O–H groups in total. The molecule has 5 rings (SSSR count). The second-order valence-corrected chi connectivity index (χ2v) is 9.70. The van der Waals surface area contributed by atoms with E-state index in [4.69, 9.17) is 4.52 Å². The van der Waals surface area contributed by atoms with Crippen LogP contribution >= 0.6 is 0 Å². The van der Waals surface area contributed by atoms with Crippen molar-refractivity contribution in [2.24, 2.45) is 23.7 Å². The van der Waals surface area contributed by atoms with Gasteiger partial charge in [0.15, 0.2) is 5.76 Å². The zero-order chi connectivity index (χ0) is 21.7. The van der Waals surface area contributed by atoms with E-state index in [1.54, 1.807) is 0 Å². The highest BCUT2D eigenvalue weighted by Crippen LogP contribution is 2.44. The number of carbonyl (C=O) groups excluding carboxylic acids is 1. The minimum absolute atomic E-state index is 0.00111. The van der Waals surface area contributed by atoms with E-state index >= 15 is 0 Å². The highest BCUT2D eigenvalue weighted by atomic mass is 16.5. The first-order valence-electron chi connectivity index (χ1n) is 11.3. The number of amides is 1. The molecule has 1 saturated heterocycles. The van der Waals surface area contributed by atoms with E-state index in [0.717, 1.165) is 24.3 Å². The normalized spacial score (nSPS) is 33.3.